The Morgan fingerprint density at radius 3 is 2.31 bits per heavy atom. The molecule has 0 saturated carbocycles. The summed E-state index contributed by atoms with van der Waals surface area (Å²) in [4.78, 5) is 2.46. The molecule has 134 valence electrons. The molecule has 3 rings (SSSR count). The maximum atomic E-state index is 10.2. The first-order valence-electron chi connectivity index (χ1n) is 9.07. The molecule has 2 nitrogen and oxygen atoms in total. The Kier molecular flexibility index (Phi) is 6.44. The number of aryl methyl sites for hydroxylation is 1. The van der Waals surface area contributed by atoms with Crippen molar-refractivity contribution in [2.45, 2.75) is 26.9 Å². The van der Waals surface area contributed by atoms with Gasteiger partial charge in [0.2, 0.25) is 0 Å². The van der Waals surface area contributed by atoms with Crippen LogP contribution < -0.4 is 10.6 Å². The van der Waals surface area contributed by atoms with E-state index < -0.39 is 0 Å². The van der Waals surface area contributed by atoms with E-state index in [2.05, 4.69) is 67.3 Å². The number of hydrogen-bond acceptors (Lipinski definition) is 2. The van der Waals surface area contributed by atoms with E-state index in [4.69, 9.17) is 0 Å². The quantitative estimate of drug-likeness (QED) is 0.631. The summed E-state index contributed by atoms with van der Waals surface area (Å²) < 4.78 is 0. The highest BCUT2D eigenvalue weighted by molar-refractivity contribution is 7.56. The van der Waals surface area contributed by atoms with Gasteiger partial charge in [0.25, 0.3) is 0 Å². The number of phenolic OH excluding ortho intramolecular Hbond substituents is 1. The fourth-order valence-electron chi connectivity index (χ4n) is 3.12. The van der Waals surface area contributed by atoms with Crippen molar-refractivity contribution in [3.63, 3.8) is 0 Å². The molecule has 0 saturated heterocycles. The molecule has 0 spiro atoms. The molecular formula is C23H26NOP. The van der Waals surface area contributed by atoms with Gasteiger partial charge in [-0.25, -0.2) is 0 Å². The molecule has 0 aliphatic heterocycles. The highest BCUT2D eigenvalue weighted by atomic mass is 31.1. The van der Waals surface area contributed by atoms with Crippen LogP contribution in [0.3, 0.4) is 0 Å². The van der Waals surface area contributed by atoms with Gasteiger partial charge in [0, 0.05) is 18.4 Å². The van der Waals surface area contributed by atoms with Crippen LogP contribution in [-0.4, -0.2) is 16.6 Å². The maximum absolute atomic E-state index is 10.2. The summed E-state index contributed by atoms with van der Waals surface area (Å²) in [5, 5.41) is 12.5. The topological polar surface area (TPSA) is 23.5 Å². The van der Waals surface area contributed by atoms with Crippen LogP contribution in [0.4, 0.5) is 0 Å². The number of benzene rings is 3. The summed E-state index contributed by atoms with van der Waals surface area (Å²) in [7, 11) is 0.465. The van der Waals surface area contributed by atoms with Crippen molar-refractivity contribution in [2.75, 3.05) is 6.54 Å². The largest absolute Gasteiger partial charge is 0.507 e. The SMILES string of the molecule is CCN(Cc1ccccc1)Cc1cccc(C)c1Pc1ccccc1O. The van der Waals surface area contributed by atoms with Crippen LogP contribution in [0.15, 0.2) is 72.8 Å². The molecule has 0 heterocycles. The first kappa shape index (κ1) is 18.6. The van der Waals surface area contributed by atoms with Crippen molar-refractivity contribution in [3.05, 3.63) is 89.5 Å². The molecule has 1 unspecified atom stereocenters. The van der Waals surface area contributed by atoms with Gasteiger partial charge in [0.1, 0.15) is 5.75 Å². The van der Waals surface area contributed by atoms with Gasteiger partial charge in [-0.15, -0.1) is 0 Å². The second-order valence-electron chi connectivity index (χ2n) is 6.54. The summed E-state index contributed by atoms with van der Waals surface area (Å²) in [5.74, 6) is 0.386. The minimum atomic E-state index is 0.386. The molecule has 0 fully saturated rings. The summed E-state index contributed by atoms with van der Waals surface area (Å²) >= 11 is 0. The molecule has 0 amide bonds. The van der Waals surface area contributed by atoms with Crippen molar-refractivity contribution < 1.29 is 5.11 Å². The molecule has 3 aromatic rings. The number of nitrogens with zero attached hydrogens (tertiary/aromatic N) is 1. The molecule has 0 aliphatic carbocycles. The monoisotopic (exact) mass is 363 g/mol. The predicted octanol–water partition coefficient (Wildman–Crippen LogP) is 4.35. The number of phenols is 1. The van der Waals surface area contributed by atoms with Crippen LogP contribution in [0, 0.1) is 6.92 Å². The number of aromatic hydroxyl groups is 1. The van der Waals surface area contributed by atoms with Crippen molar-refractivity contribution >= 4 is 19.2 Å². The molecule has 3 aromatic carbocycles. The fourth-order valence-corrected chi connectivity index (χ4v) is 4.38. The molecular weight excluding hydrogens is 337 g/mol. The van der Waals surface area contributed by atoms with Gasteiger partial charge < -0.3 is 5.11 Å². The van der Waals surface area contributed by atoms with Crippen molar-refractivity contribution in [1.82, 2.24) is 4.90 Å². The van der Waals surface area contributed by atoms with Gasteiger partial charge >= 0.3 is 0 Å². The number of rotatable bonds is 7. The Hall–Kier alpha value is -2.15. The third-order valence-electron chi connectivity index (χ3n) is 4.61. The average Bonchev–Trinajstić information content (AvgIpc) is 2.66. The average molecular weight is 363 g/mol. The minimum Gasteiger partial charge on any atom is -0.507 e. The third kappa shape index (κ3) is 4.72. The second kappa shape index (κ2) is 8.98. The molecule has 1 N–H and O–H groups in total. The van der Waals surface area contributed by atoms with Gasteiger partial charge in [-0.3, -0.25) is 4.90 Å². The highest BCUT2D eigenvalue weighted by Gasteiger charge is 2.12. The van der Waals surface area contributed by atoms with Crippen LogP contribution in [0.2, 0.25) is 0 Å². The summed E-state index contributed by atoms with van der Waals surface area (Å²) in [5.41, 5.74) is 3.98. The Balaban J connectivity index is 1.83. The smallest absolute Gasteiger partial charge is 0.123 e. The Morgan fingerprint density at radius 2 is 1.58 bits per heavy atom. The second-order valence-corrected chi connectivity index (χ2v) is 7.83. The maximum Gasteiger partial charge on any atom is 0.123 e. The van der Waals surface area contributed by atoms with Gasteiger partial charge in [-0.2, -0.15) is 0 Å². The fraction of sp³-hybridized carbons (Fsp3) is 0.217. The minimum absolute atomic E-state index is 0.386. The van der Waals surface area contributed by atoms with E-state index in [1.165, 1.54) is 22.0 Å². The summed E-state index contributed by atoms with van der Waals surface area (Å²) in [6, 6.07) is 24.8. The van der Waals surface area contributed by atoms with Gasteiger partial charge in [-0.05, 0) is 41.5 Å². The zero-order valence-corrected chi connectivity index (χ0v) is 16.4. The molecule has 0 radical (unpaired) electrons. The molecule has 0 bridgehead atoms. The Morgan fingerprint density at radius 1 is 0.846 bits per heavy atom. The van der Waals surface area contributed by atoms with E-state index in [0.29, 0.717) is 14.3 Å². The molecule has 1 atom stereocenters. The highest BCUT2D eigenvalue weighted by Crippen LogP contribution is 2.23. The van der Waals surface area contributed by atoms with Crippen LogP contribution in [0.5, 0.6) is 5.75 Å². The van der Waals surface area contributed by atoms with Gasteiger partial charge in [-0.1, -0.05) is 82.2 Å². The number of para-hydroxylation sites is 1. The van der Waals surface area contributed by atoms with Crippen molar-refractivity contribution in [2.24, 2.45) is 0 Å². The van der Waals surface area contributed by atoms with Crippen LogP contribution in [0.25, 0.3) is 0 Å². The van der Waals surface area contributed by atoms with E-state index in [-0.39, 0.29) is 0 Å². The molecule has 0 aliphatic rings. The van der Waals surface area contributed by atoms with Crippen molar-refractivity contribution in [3.8, 4) is 5.75 Å². The van der Waals surface area contributed by atoms with Gasteiger partial charge in [0.05, 0.1) is 0 Å². The van der Waals surface area contributed by atoms with E-state index in [9.17, 15) is 5.11 Å². The summed E-state index contributed by atoms with van der Waals surface area (Å²) in [6.07, 6.45) is 0. The van der Waals surface area contributed by atoms with Crippen molar-refractivity contribution in [1.29, 1.82) is 0 Å². The van der Waals surface area contributed by atoms with Crippen LogP contribution in [0.1, 0.15) is 23.6 Å². The van der Waals surface area contributed by atoms with Crippen LogP contribution >= 0.6 is 8.58 Å². The third-order valence-corrected chi connectivity index (χ3v) is 6.27. The molecule has 0 aromatic heterocycles. The predicted molar refractivity (Wildman–Crippen MR) is 113 cm³/mol. The zero-order valence-electron chi connectivity index (χ0n) is 15.4. The molecule has 3 heteroatoms. The lowest BCUT2D eigenvalue weighted by molar-refractivity contribution is 0.272. The number of hydrogen-bond donors (Lipinski definition) is 1. The first-order chi connectivity index (χ1) is 12.7. The summed E-state index contributed by atoms with van der Waals surface area (Å²) in [6.45, 7) is 7.25. The lowest BCUT2D eigenvalue weighted by Crippen LogP contribution is -2.26. The first-order valence-corrected chi connectivity index (χ1v) is 10.1. The van der Waals surface area contributed by atoms with E-state index in [0.717, 1.165) is 24.9 Å². The lowest BCUT2D eigenvalue weighted by Gasteiger charge is -2.23. The van der Waals surface area contributed by atoms with E-state index >= 15 is 0 Å². The van der Waals surface area contributed by atoms with E-state index in [1.807, 2.05) is 18.2 Å². The van der Waals surface area contributed by atoms with E-state index in [1.54, 1.807) is 6.07 Å². The molecule has 26 heavy (non-hydrogen) atoms. The standard InChI is InChI=1S/C23H26NOP/c1-3-24(16-19-11-5-4-6-12-19)17-20-13-9-10-18(2)23(20)26-22-15-8-7-14-21(22)25/h4-15,25-26H,3,16-17H2,1-2H3. The zero-order chi connectivity index (χ0) is 18.4. The van der Waals surface area contributed by atoms with Crippen LogP contribution in [-0.2, 0) is 13.1 Å². The Bertz CT molecular complexity index is 848. The normalized spacial score (nSPS) is 11.5. The Labute approximate surface area is 158 Å². The van der Waals surface area contributed by atoms with Gasteiger partial charge in [0.15, 0.2) is 0 Å². The lowest BCUT2D eigenvalue weighted by atomic mass is 10.1.